The van der Waals surface area contributed by atoms with Gasteiger partial charge >= 0.3 is 11.9 Å². The quantitative estimate of drug-likeness (QED) is 0.737. The zero-order valence-corrected chi connectivity index (χ0v) is 11.3. The van der Waals surface area contributed by atoms with Gasteiger partial charge in [-0.3, -0.25) is 4.79 Å². The van der Waals surface area contributed by atoms with Gasteiger partial charge in [-0.2, -0.15) is 0 Å². The lowest BCUT2D eigenvalue weighted by Crippen LogP contribution is -2.50. The number of carbonyl (C=O) groups is 2. The fourth-order valence-electron chi connectivity index (χ4n) is 2.81. The van der Waals surface area contributed by atoms with Crippen molar-refractivity contribution in [2.24, 2.45) is 0 Å². The van der Waals surface area contributed by atoms with E-state index in [9.17, 15) is 9.59 Å². The Bertz CT molecular complexity index is 545. The molecule has 106 valence electrons. The van der Waals surface area contributed by atoms with E-state index in [1.54, 1.807) is 18.2 Å². The highest BCUT2D eigenvalue weighted by atomic mass is 16.7. The van der Waals surface area contributed by atoms with Crippen LogP contribution in [0.1, 0.15) is 48.2 Å². The van der Waals surface area contributed by atoms with Crippen molar-refractivity contribution >= 4 is 11.9 Å². The topological polar surface area (TPSA) is 61.8 Å². The summed E-state index contributed by atoms with van der Waals surface area (Å²) in [7, 11) is 0. The SMILES string of the molecule is CC(=O)O[C@H]1c2ccccc2C(=O)O[C@]12CCCCO2. The molecule has 1 aromatic carbocycles. The van der Waals surface area contributed by atoms with E-state index < -0.39 is 23.8 Å². The molecule has 20 heavy (non-hydrogen) atoms. The summed E-state index contributed by atoms with van der Waals surface area (Å²) in [6.45, 7) is 1.84. The van der Waals surface area contributed by atoms with Gasteiger partial charge in [0.1, 0.15) is 0 Å². The molecule has 2 aliphatic rings. The lowest BCUT2D eigenvalue weighted by Gasteiger charge is -2.44. The van der Waals surface area contributed by atoms with Crippen LogP contribution in [-0.2, 0) is 19.0 Å². The highest BCUT2D eigenvalue weighted by molar-refractivity contribution is 5.93. The Morgan fingerprint density at radius 3 is 2.85 bits per heavy atom. The van der Waals surface area contributed by atoms with Gasteiger partial charge in [-0.15, -0.1) is 0 Å². The maximum Gasteiger partial charge on any atom is 0.341 e. The maximum absolute atomic E-state index is 12.1. The van der Waals surface area contributed by atoms with Crippen molar-refractivity contribution in [3.63, 3.8) is 0 Å². The van der Waals surface area contributed by atoms with Gasteiger partial charge in [0.05, 0.1) is 12.2 Å². The fraction of sp³-hybridized carbons (Fsp3) is 0.467. The van der Waals surface area contributed by atoms with Crippen LogP contribution in [0.3, 0.4) is 0 Å². The third kappa shape index (κ3) is 2.08. The highest BCUT2D eigenvalue weighted by Gasteiger charge is 2.52. The summed E-state index contributed by atoms with van der Waals surface area (Å²) >= 11 is 0. The predicted molar refractivity (Wildman–Crippen MR) is 68.9 cm³/mol. The van der Waals surface area contributed by atoms with Crippen LogP contribution in [0, 0.1) is 0 Å². The molecule has 2 atom stereocenters. The van der Waals surface area contributed by atoms with Gasteiger partial charge in [-0.05, 0) is 18.9 Å². The van der Waals surface area contributed by atoms with E-state index in [2.05, 4.69) is 0 Å². The van der Waals surface area contributed by atoms with E-state index in [1.165, 1.54) is 6.92 Å². The van der Waals surface area contributed by atoms with Gasteiger partial charge in [0.15, 0.2) is 6.10 Å². The molecule has 1 aromatic rings. The Kier molecular flexibility index (Phi) is 3.22. The number of carbonyl (C=O) groups excluding carboxylic acids is 2. The van der Waals surface area contributed by atoms with E-state index in [0.29, 0.717) is 24.2 Å². The molecule has 5 nitrogen and oxygen atoms in total. The van der Waals surface area contributed by atoms with Crippen LogP contribution < -0.4 is 0 Å². The van der Waals surface area contributed by atoms with E-state index in [1.807, 2.05) is 6.07 Å². The lowest BCUT2D eigenvalue weighted by atomic mass is 9.89. The second-order valence-electron chi connectivity index (χ2n) is 5.08. The number of rotatable bonds is 1. The van der Waals surface area contributed by atoms with E-state index in [0.717, 1.165) is 12.8 Å². The van der Waals surface area contributed by atoms with Crippen molar-refractivity contribution in [1.29, 1.82) is 0 Å². The molecule has 2 heterocycles. The van der Waals surface area contributed by atoms with Crippen LogP contribution in [0.5, 0.6) is 0 Å². The Hall–Kier alpha value is -1.88. The minimum Gasteiger partial charge on any atom is -0.451 e. The molecule has 0 saturated carbocycles. The first kappa shape index (κ1) is 13.1. The van der Waals surface area contributed by atoms with Gasteiger partial charge in [0.25, 0.3) is 5.79 Å². The second kappa shape index (κ2) is 4.90. The molecular formula is C15H16O5. The van der Waals surface area contributed by atoms with Gasteiger partial charge in [0, 0.05) is 18.9 Å². The summed E-state index contributed by atoms with van der Waals surface area (Å²) in [4.78, 5) is 23.6. The standard InChI is InChI=1S/C15H16O5/c1-10(16)19-13-11-6-2-3-7-12(11)14(17)20-15(13)8-4-5-9-18-15/h2-3,6-7,13H,4-5,8-9H2,1H3/t13-,15+/m0/s1. The van der Waals surface area contributed by atoms with Crippen molar-refractivity contribution in [1.82, 2.24) is 0 Å². The predicted octanol–water partition coefficient (Wildman–Crippen LogP) is 2.36. The molecule has 0 N–H and O–H groups in total. The Labute approximate surface area is 116 Å². The molecule has 1 saturated heterocycles. The number of benzene rings is 1. The first-order valence-electron chi connectivity index (χ1n) is 6.76. The summed E-state index contributed by atoms with van der Waals surface area (Å²) < 4.78 is 16.7. The summed E-state index contributed by atoms with van der Waals surface area (Å²) in [5, 5.41) is 0. The van der Waals surface area contributed by atoms with Crippen LogP contribution in [0.15, 0.2) is 24.3 Å². The van der Waals surface area contributed by atoms with Gasteiger partial charge in [-0.1, -0.05) is 18.2 Å². The number of hydrogen-bond acceptors (Lipinski definition) is 5. The van der Waals surface area contributed by atoms with Crippen LogP contribution in [0.25, 0.3) is 0 Å². The molecular weight excluding hydrogens is 260 g/mol. The molecule has 0 amide bonds. The van der Waals surface area contributed by atoms with Crippen molar-refractivity contribution < 1.29 is 23.8 Å². The minimum absolute atomic E-state index is 0.420. The number of esters is 2. The van der Waals surface area contributed by atoms with Crippen LogP contribution in [0.2, 0.25) is 0 Å². The first-order valence-corrected chi connectivity index (χ1v) is 6.76. The average molecular weight is 276 g/mol. The van der Waals surface area contributed by atoms with E-state index >= 15 is 0 Å². The largest absolute Gasteiger partial charge is 0.451 e. The number of fused-ring (bicyclic) bond motifs is 1. The number of ether oxygens (including phenoxy) is 3. The van der Waals surface area contributed by atoms with Crippen molar-refractivity contribution in [3.8, 4) is 0 Å². The number of hydrogen-bond donors (Lipinski definition) is 0. The zero-order chi connectivity index (χ0) is 14.2. The maximum atomic E-state index is 12.1. The smallest absolute Gasteiger partial charge is 0.341 e. The lowest BCUT2D eigenvalue weighted by molar-refractivity contribution is -0.282. The second-order valence-corrected chi connectivity index (χ2v) is 5.08. The summed E-state index contributed by atoms with van der Waals surface area (Å²) in [6.07, 6.45) is 1.61. The van der Waals surface area contributed by atoms with Crippen LogP contribution >= 0.6 is 0 Å². The molecule has 0 aromatic heterocycles. The average Bonchev–Trinajstić information content (AvgIpc) is 2.44. The molecule has 0 radical (unpaired) electrons. The van der Waals surface area contributed by atoms with Gasteiger partial charge in [0.2, 0.25) is 0 Å². The molecule has 1 fully saturated rings. The van der Waals surface area contributed by atoms with E-state index in [4.69, 9.17) is 14.2 Å². The van der Waals surface area contributed by atoms with Crippen molar-refractivity contribution in [3.05, 3.63) is 35.4 Å². The van der Waals surface area contributed by atoms with Crippen LogP contribution in [0.4, 0.5) is 0 Å². The third-order valence-electron chi connectivity index (χ3n) is 3.68. The molecule has 0 aliphatic carbocycles. The normalized spacial score (nSPS) is 28.6. The minimum atomic E-state index is -1.17. The molecule has 2 aliphatic heterocycles. The van der Waals surface area contributed by atoms with Crippen molar-refractivity contribution in [2.45, 2.75) is 38.1 Å². The summed E-state index contributed by atoms with van der Waals surface area (Å²) in [5.41, 5.74) is 1.08. The highest BCUT2D eigenvalue weighted by Crippen LogP contribution is 2.45. The van der Waals surface area contributed by atoms with Crippen LogP contribution in [-0.4, -0.2) is 24.3 Å². The zero-order valence-electron chi connectivity index (χ0n) is 11.3. The van der Waals surface area contributed by atoms with Crippen molar-refractivity contribution in [2.75, 3.05) is 6.61 Å². The summed E-state index contributed by atoms with van der Waals surface area (Å²) in [5.74, 6) is -2.02. The Morgan fingerprint density at radius 2 is 2.15 bits per heavy atom. The molecule has 5 heteroatoms. The Morgan fingerprint density at radius 1 is 1.35 bits per heavy atom. The first-order chi connectivity index (χ1) is 9.62. The molecule has 0 unspecified atom stereocenters. The Balaban J connectivity index is 2.07. The molecule has 3 rings (SSSR count). The van der Waals surface area contributed by atoms with Gasteiger partial charge in [-0.25, -0.2) is 4.79 Å². The monoisotopic (exact) mass is 276 g/mol. The third-order valence-corrected chi connectivity index (χ3v) is 3.68. The summed E-state index contributed by atoms with van der Waals surface area (Å²) in [6, 6.07) is 7.02. The fourth-order valence-corrected chi connectivity index (χ4v) is 2.81. The van der Waals surface area contributed by atoms with Gasteiger partial charge < -0.3 is 14.2 Å². The molecule has 0 bridgehead atoms. The van der Waals surface area contributed by atoms with E-state index in [-0.39, 0.29) is 0 Å². The molecule has 1 spiro atoms.